The van der Waals surface area contributed by atoms with Gasteiger partial charge in [0.2, 0.25) is 10.0 Å². The zero-order valence-electron chi connectivity index (χ0n) is 16.6. The number of ether oxygens (including phenoxy) is 1. The highest BCUT2D eigenvalue weighted by atomic mass is 35.5. The molecule has 4 rings (SSSR count). The second kappa shape index (κ2) is 8.27. The Bertz CT molecular complexity index is 1280. The third kappa shape index (κ3) is 4.21. The van der Waals surface area contributed by atoms with Gasteiger partial charge in [-0.05, 0) is 59.7 Å². The lowest BCUT2D eigenvalue weighted by Crippen LogP contribution is -2.56. The van der Waals surface area contributed by atoms with Crippen LogP contribution in [0.4, 0.5) is 0 Å². The van der Waals surface area contributed by atoms with Crippen LogP contribution in [0.5, 0.6) is 5.75 Å². The molecular weight excluding hydrogens is 458 g/mol. The molecule has 162 valence electrons. The molecular formula is C22H20ClNO5S2. The fraction of sp³-hybridized carbons (Fsp3) is 0.182. The molecule has 0 bridgehead atoms. The SMILES string of the molecule is COc1ccc(S(=O)(=O)C2CN(S(=O)(=O)c3ccc(-c4ccc(Cl)cc4)cc3)C2)cc1. The summed E-state index contributed by atoms with van der Waals surface area (Å²) in [6.45, 7) is -0.148. The Hall–Kier alpha value is -2.39. The van der Waals surface area contributed by atoms with Crippen molar-refractivity contribution in [2.75, 3.05) is 20.2 Å². The number of methoxy groups -OCH3 is 1. The Morgan fingerprint density at radius 1 is 0.774 bits per heavy atom. The number of hydrogen-bond acceptors (Lipinski definition) is 5. The van der Waals surface area contributed by atoms with E-state index < -0.39 is 25.1 Å². The Kier molecular flexibility index (Phi) is 5.83. The molecule has 0 atom stereocenters. The van der Waals surface area contributed by atoms with E-state index in [1.54, 1.807) is 36.4 Å². The van der Waals surface area contributed by atoms with Gasteiger partial charge < -0.3 is 4.74 Å². The zero-order valence-corrected chi connectivity index (χ0v) is 19.0. The van der Waals surface area contributed by atoms with E-state index >= 15 is 0 Å². The Morgan fingerprint density at radius 2 is 1.26 bits per heavy atom. The lowest BCUT2D eigenvalue weighted by Gasteiger charge is -2.37. The number of rotatable bonds is 6. The van der Waals surface area contributed by atoms with Crippen LogP contribution in [0.1, 0.15) is 0 Å². The smallest absolute Gasteiger partial charge is 0.243 e. The molecule has 0 spiro atoms. The van der Waals surface area contributed by atoms with Gasteiger partial charge in [0.1, 0.15) is 5.75 Å². The molecule has 0 aromatic heterocycles. The summed E-state index contributed by atoms with van der Waals surface area (Å²) in [5.74, 6) is 0.554. The first-order chi connectivity index (χ1) is 14.7. The van der Waals surface area contributed by atoms with E-state index in [0.717, 1.165) is 11.1 Å². The van der Waals surface area contributed by atoms with Crippen LogP contribution in [0.25, 0.3) is 11.1 Å². The average molecular weight is 478 g/mol. The van der Waals surface area contributed by atoms with Gasteiger partial charge in [0.15, 0.2) is 9.84 Å². The Morgan fingerprint density at radius 3 is 1.77 bits per heavy atom. The molecule has 1 saturated heterocycles. The maximum atomic E-state index is 12.9. The van der Waals surface area contributed by atoms with Gasteiger partial charge in [0, 0.05) is 18.1 Å². The van der Waals surface area contributed by atoms with E-state index in [-0.39, 0.29) is 22.9 Å². The summed E-state index contributed by atoms with van der Waals surface area (Å²) >= 11 is 5.90. The standard InChI is InChI=1S/C22H20ClNO5S2/c1-29-19-8-12-20(13-9-19)30(25,26)22-14-24(15-22)31(27,28)21-10-4-17(5-11-21)16-2-6-18(23)7-3-16/h2-13,22H,14-15H2,1H3. The first kappa shape index (κ1) is 21.8. The van der Waals surface area contributed by atoms with Crippen LogP contribution in [0.15, 0.2) is 82.6 Å². The highest BCUT2D eigenvalue weighted by Crippen LogP contribution is 2.30. The molecule has 0 amide bonds. The second-order valence-electron chi connectivity index (χ2n) is 7.20. The van der Waals surface area contributed by atoms with E-state index in [1.807, 2.05) is 12.1 Å². The molecule has 3 aromatic carbocycles. The highest BCUT2D eigenvalue weighted by Gasteiger charge is 2.44. The summed E-state index contributed by atoms with van der Waals surface area (Å²) in [7, 11) is -5.89. The predicted octanol–water partition coefficient (Wildman–Crippen LogP) is 3.86. The number of halogens is 1. The van der Waals surface area contributed by atoms with Crippen LogP contribution < -0.4 is 4.74 Å². The number of sulfonamides is 1. The zero-order chi connectivity index (χ0) is 22.2. The maximum absolute atomic E-state index is 12.9. The predicted molar refractivity (Wildman–Crippen MR) is 120 cm³/mol. The lowest BCUT2D eigenvalue weighted by atomic mass is 10.1. The summed E-state index contributed by atoms with van der Waals surface area (Å²) < 4.78 is 57.6. The third-order valence-corrected chi connectivity index (χ3v) is 9.51. The number of hydrogen-bond donors (Lipinski definition) is 0. The van der Waals surface area contributed by atoms with Crippen molar-refractivity contribution >= 4 is 31.5 Å². The van der Waals surface area contributed by atoms with Gasteiger partial charge in [-0.3, -0.25) is 0 Å². The van der Waals surface area contributed by atoms with Crippen molar-refractivity contribution in [3.63, 3.8) is 0 Å². The van der Waals surface area contributed by atoms with Gasteiger partial charge in [-0.15, -0.1) is 0 Å². The minimum atomic E-state index is -3.77. The van der Waals surface area contributed by atoms with E-state index in [1.165, 1.54) is 35.7 Å². The van der Waals surface area contributed by atoms with Crippen LogP contribution in [-0.4, -0.2) is 46.6 Å². The number of benzene rings is 3. The van der Waals surface area contributed by atoms with Gasteiger partial charge in [0.25, 0.3) is 0 Å². The number of sulfone groups is 1. The van der Waals surface area contributed by atoms with Crippen LogP contribution in [0.2, 0.25) is 5.02 Å². The van der Waals surface area contributed by atoms with Crippen molar-refractivity contribution < 1.29 is 21.6 Å². The molecule has 3 aromatic rings. The summed E-state index contributed by atoms with van der Waals surface area (Å²) in [4.78, 5) is 0.285. The summed E-state index contributed by atoms with van der Waals surface area (Å²) in [5.41, 5.74) is 1.78. The summed E-state index contributed by atoms with van der Waals surface area (Å²) in [6.07, 6.45) is 0. The molecule has 1 fully saturated rings. The van der Waals surface area contributed by atoms with Crippen LogP contribution >= 0.6 is 11.6 Å². The van der Waals surface area contributed by atoms with Crippen molar-refractivity contribution in [1.82, 2.24) is 4.31 Å². The van der Waals surface area contributed by atoms with Crippen molar-refractivity contribution in [3.05, 3.63) is 77.8 Å². The fourth-order valence-electron chi connectivity index (χ4n) is 3.36. The normalized spacial score (nSPS) is 15.4. The second-order valence-corrected chi connectivity index (χ2v) is 11.8. The van der Waals surface area contributed by atoms with E-state index in [0.29, 0.717) is 10.8 Å². The largest absolute Gasteiger partial charge is 0.497 e. The minimum Gasteiger partial charge on any atom is -0.497 e. The minimum absolute atomic E-state index is 0.0738. The molecule has 6 nitrogen and oxygen atoms in total. The van der Waals surface area contributed by atoms with Gasteiger partial charge in [-0.1, -0.05) is 35.9 Å². The molecule has 1 aliphatic heterocycles. The first-order valence-electron chi connectivity index (χ1n) is 9.46. The Labute approximate surface area is 187 Å². The molecule has 0 N–H and O–H groups in total. The average Bonchev–Trinajstić information content (AvgIpc) is 2.73. The van der Waals surface area contributed by atoms with Crippen LogP contribution in [-0.2, 0) is 19.9 Å². The van der Waals surface area contributed by atoms with Crippen molar-refractivity contribution in [2.24, 2.45) is 0 Å². The van der Waals surface area contributed by atoms with E-state index in [9.17, 15) is 16.8 Å². The number of nitrogens with zero attached hydrogens (tertiary/aromatic N) is 1. The van der Waals surface area contributed by atoms with Crippen LogP contribution in [0, 0.1) is 0 Å². The monoisotopic (exact) mass is 477 g/mol. The fourth-order valence-corrected chi connectivity index (χ4v) is 6.86. The molecule has 1 aliphatic rings. The van der Waals surface area contributed by atoms with Gasteiger partial charge in [0.05, 0.1) is 22.2 Å². The summed E-state index contributed by atoms with van der Waals surface area (Å²) in [5, 5.41) is -0.149. The molecule has 9 heteroatoms. The first-order valence-corrected chi connectivity index (χ1v) is 12.8. The third-order valence-electron chi connectivity index (χ3n) is 5.31. The van der Waals surface area contributed by atoms with Gasteiger partial charge in [-0.2, -0.15) is 4.31 Å². The molecule has 31 heavy (non-hydrogen) atoms. The topological polar surface area (TPSA) is 80.8 Å². The molecule has 1 heterocycles. The van der Waals surface area contributed by atoms with Gasteiger partial charge in [-0.25, -0.2) is 16.8 Å². The molecule has 0 unspecified atom stereocenters. The van der Waals surface area contributed by atoms with E-state index in [2.05, 4.69) is 0 Å². The quantitative estimate of drug-likeness (QED) is 0.538. The van der Waals surface area contributed by atoms with Crippen molar-refractivity contribution in [2.45, 2.75) is 15.0 Å². The summed E-state index contributed by atoms with van der Waals surface area (Å²) in [6, 6.07) is 19.9. The highest BCUT2D eigenvalue weighted by molar-refractivity contribution is 7.92. The Balaban J connectivity index is 1.47. The molecule has 0 saturated carbocycles. The van der Waals surface area contributed by atoms with Gasteiger partial charge >= 0.3 is 0 Å². The van der Waals surface area contributed by atoms with Crippen molar-refractivity contribution in [1.29, 1.82) is 0 Å². The van der Waals surface area contributed by atoms with E-state index in [4.69, 9.17) is 16.3 Å². The molecule has 0 radical (unpaired) electrons. The lowest BCUT2D eigenvalue weighted by molar-refractivity contribution is 0.309. The maximum Gasteiger partial charge on any atom is 0.243 e. The van der Waals surface area contributed by atoms with Crippen molar-refractivity contribution in [3.8, 4) is 16.9 Å². The molecule has 0 aliphatic carbocycles. The van der Waals surface area contributed by atoms with Crippen LogP contribution in [0.3, 0.4) is 0 Å².